The number of nitrogens with zero attached hydrogens (tertiary/aromatic N) is 3. The highest BCUT2D eigenvalue weighted by Gasteiger charge is 2.15. The van der Waals surface area contributed by atoms with Crippen molar-refractivity contribution in [2.24, 2.45) is 0 Å². The second kappa shape index (κ2) is 9.35. The van der Waals surface area contributed by atoms with E-state index < -0.39 is 4.92 Å². The summed E-state index contributed by atoms with van der Waals surface area (Å²) < 4.78 is 5.43. The van der Waals surface area contributed by atoms with E-state index in [0.717, 1.165) is 0 Å². The van der Waals surface area contributed by atoms with Crippen molar-refractivity contribution in [2.75, 3.05) is 26.0 Å². The number of anilines is 1. The fourth-order valence-electron chi connectivity index (χ4n) is 2.60. The SMILES string of the molecule is Cc1ccc(-c2csc(NC(=O)c3cccc(OCC(=O)N(C)C)c3)n2)cc1[N+](=O)[O-]. The first-order valence-corrected chi connectivity index (χ1v) is 10.1. The molecule has 9 nitrogen and oxygen atoms in total. The molecule has 3 rings (SSSR count). The molecular weight excluding hydrogens is 420 g/mol. The first-order chi connectivity index (χ1) is 14.7. The van der Waals surface area contributed by atoms with Crippen molar-refractivity contribution in [3.8, 4) is 17.0 Å². The topological polar surface area (TPSA) is 115 Å². The minimum atomic E-state index is -0.435. The first-order valence-electron chi connectivity index (χ1n) is 9.20. The van der Waals surface area contributed by atoms with E-state index in [0.29, 0.717) is 33.3 Å². The summed E-state index contributed by atoms with van der Waals surface area (Å²) in [6.07, 6.45) is 0. The summed E-state index contributed by atoms with van der Waals surface area (Å²) in [6.45, 7) is 1.54. The number of aromatic nitrogens is 1. The van der Waals surface area contributed by atoms with Crippen LogP contribution in [0.25, 0.3) is 11.3 Å². The number of nitrogens with one attached hydrogen (secondary N) is 1. The third-order valence-corrected chi connectivity index (χ3v) is 5.14. The van der Waals surface area contributed by atoms with Gasteiger partial charge in [-0.05, 0) is 25.1 Å². The number of aryl methyl sites for hydroxylation is 1. The predicted molar refractivity (Wildman–Crippen MR) is 118 cm³/mol. The fourth-order valence-corrected chi connectivity index (χ4v) is 3.31. The van der Waals surface area contributed by atoms with Gasteiger partial charge in [-0.1, -0.05) is 18.2 Å². The molecule has 0 bridgehead atoms. The maximum absolute atomic E-state index is 12.6. The van der Waals surface area contributed by atoms with Gasteiger partial charge in [-0.3, -0.25) is 25.0 Å². The first kappa shape index (κ1) is 21.9. The van der Waals surface area contributed by atoms with Crippen molar-refractivity contribution in [1.29, 1.82) is 0 Å². The molecule has 0 aliphatic heterocycles. The summed E-state index contributed by atoms with van der Waals surface area (Å²) in [5.41, 5.74) is 2.04. The Kier molecular flexibility index (Phi) is 6.61. The highest BCUT2D eigenvalue weighted by Crippen LogP contribution is 2.29. The second-order valence-electron chi connectivity index (χ2n) is 6.86. The van der Waals surface area contributed by atoms with Gasteiger partial charge in [0.1, 0.15) is 5.75 Å². The number of likely N-dealkylation sites (N-methyl/N-ethyl adjacent to an activating group) is 1. The maximum atomic E-state index is 12.6. The monoisotopic (exact) mass is 440 g/mol. The summed E-state index contributed by atoms with van der Waals surface area (Å²) in [7, 11) is 3.26. The molecule has 0 unspecified atom stereocenters. The van der Waals surface area contributed by atoms with Crippen LogP contribution < -0.4 is 10.1 Å². The van der Waals surface area contributed by atoms with Gasteiger partial charge >= 0.3 is 0 Å². The number of nitro benzene ring substituents is 1. The Bertz CT molecular complexity index is 1140. The largest absolute Gasteiger partial charge is 0.484 e. The fraction of sp³-hybridized carbons (Fsp3) is 0.190. The second-order valence-corrected chi connectivity index (χ2v) is 7.71. The van der Waals surface area contributed by atoms with Crippen molar-refractivity contribution in [3.05, 3.63) is 69.1 Å². The van der Waals surface area contributed by atoms with Crippen LogP contribution in [0.5, 0.6) is 5.75 Å². The number of carbonyl (C=O) groups is 2. The molecule has 160 valence electrons. The van der Waals surface area contributed by atoms with Crippen LogP contribution in [0, 0.1) is 17.0 Å². The van der Waals surface area contributed by atoms with Crippen molar-refractivity contribution in [1.82, 2.24) is 9.88 Å². The normalized spacial score (nSPS) is 10.4. The molecule has 0 atom stereocenters. The lowest BCUT2D eigenvalue weighted by Gasteiger charge is -2.11. The van der Waals surface area contributed by atoms with Crippen LogP contribution in [0.1, 0.15) is 15.9 Å². The summed E-state index contributed by atoms with van der Waals surface area (Å²) in [5.74, 6) is -0.184. The molecule has 1 aromatic heterocycles. The van der Waals surface area contributed by atoms with E-state index in [4.69, 9.17) is 4.74 Å². The number of nitro groups is 1. The Balaban J connectivity index is 1.70. The maximum Gasteiger partial charge on any atom is 0.272 e. The predicted octanol–water partition coefficient (Wildman–Crippen LogP) is 3.75. The van der Waals surface area contributed by atoms with E-state index in [2.05, 4.69) is 10.3 Å². The number of hydrogen-bond donors (Lipinski definition) is 1. The van der Waals surface area contributed by atoms with Crippen LogP contribution in [0.2, 0.25) is 0 Å². The molecule has 0 aliphatic carbocycles. The number of benzene rings is 2. The van der Waals surface area contributed by atoms with E-state index >= 15 is 0 Å². The summed E-state index contributed by atoms with van der Waals surface area (Å²) in [4.78, 5) is 40.7. The zero-order chi connectivity index (χ0) is 22.5. The van der Waals surface area contributed by atoms with E-state index in [-0.39, 0.29) is 24.1 Å². The molecule has 31 heavy (non-hydrogen) atoms. The molecular formula is C21H20N4O5S. The number of amides is 2. The average molecular weight is 440 g/mol. The van der Waals surface area contributed by atoms with Gasteiger partial charge < -0.3 is 9.64 Å². The van der Waals surface area contributed by atoms with Crippen LogP contribution in [0.15, 0.2) is 47.8 Å². The van der Waals surface area contributed by atoms with Gasteiger partial charge in [-0.15, -0.1) is 11.3 Å². The number of rotatable bonds is 7. The molecule has 0 spiro atoms. The van der Waals surface area contributed by atoms with Gasteiger partial charge in [0, 0.05) is 42.2 Å². The Labute approximate surface area is 182 Å². The molecule has 1 heterocycles. The molecule has 0 fully saturated rings. The van der Waals surface area contributed by atoms with Crippen molar-refractivity contribution >= 4 is 34.0 Å². The average Bonchev–Trinajstić information content (AvgIpc) is 3.20. The zero-order valence-electron chi connectivity index (χ0n) is 17.1. The Morgan fingerprint density at radius 2 is 2.00 bits per heavy atom. The van der Waals surface area contributed by atoms with Crippen molar-refractivity contribution in [2.45, 2.75) is 6.92 Å². The standard InChI is InChI=1S/C21H20N4O5S/c1-13-7-8-14(10-18(13)25(28)29)17-12-31-21(22-17)23-20(27)15-5-4-6-16(9-15)30-11-19(26)24(2)3/h4-10,12H,11H2,1-3H3,(H,22,23,27). The lowest BCUT2D eigenvalue weighted by atomic mass is 10.1. The van der Waals surface area contributed by atoms with Gasteiger partial charge in [0.25, 0.3) is 17.5 Å². The molecule has 0 saturated heterocycles. The van der Waals surface area contributed by atoms with E-state index in [1.165, 1.54) is 28.4 Å². The molecule has 2 amide bonds. The van der Waals surface area contributed by atoms with E-state index in [1.807, 2.05) is 0 Å². The summed E-state index contributed by atoms with van der Waals surface area (Å²) >= 11 is 1.21. The third-order valence-electron chi connectivity index (χ3n) is 4.38. The van der Waals surface area contributed by atoms with Gasteiger partial charge in [0.2, 0.25) is 0 Å². The number of thiazole rings is 1. The third kappa shape index (κ3) is 5.43. The number of carbonyl (C=O) groups excluding carboxylic acids is 2. The Hall–Kier alpha value is -3.79. The highest BCUT2D eigenvalue weighted by molar-refractivity contribution is 7.14. The van der Waals surface area contributed by atoms with Crippen LogP contribution >= 0.6 is 11.3 Å². The van der Waals surface area contributed by atoms with Gasteiger partial charge in [-0.2, -0.15) is 0 Å². The number of hydrogen-bond acceptors (Lipinski definition) is 7. The smallest absolute Gasteiger partial charge is 0.272 e. The molecule has 1 N–H and O–H groups in total. The minimum absolute atomic E-state index is 0.0145. The molecule has 2 aromatic carbocycles. The Morgan fingerprint density at radius 3 is 2.71 bits per heavy atom. The van der Waals surface area contributed by atoms with Gasteiger partial charge in [0.15, 0.2) is 11.7 Å². The molecule has 0 aliphatic rings. The lowest BCUT2D eigenvalue weighted by molar-refractivity contribution is -0.385. The van der Waals surface area contributed by atoms with Crippen LogP contribution in [0.3, 0.4) is 0 Å². The summed E-state index contributed by atoms with van der Waals surface area (Å²) in [5, 5.41) is 15.9. The van der Waals surface area contributed by atoms with Crippen molar-refractivity contribution < 1.29 is 19.2 Å². The van der Waals surface area contributed by atoms with E-state index in [9.17, 15) is 19.7 Å². The quantitative estimate of drug-likeness (QED) is 0.442. The van der Waals surface area contributed by atoms with Crippen LogP contribution in [0.4, 0.5) is 10.8 Å². The zero-order valence-corrected chi connectivity index (χ0v) is 17.9. The van der Waals surface area contributed by atoms with Crippen LogP contribution in [-0.4, -0.2) is 47.3 Å². The molecule has 3 aromatic rings. The number of ether oxygens (including phenoxy) is 1. The molecule has 0 radical (unpaired) electrons. The molecule has 0 saturated carbocycles. The highest BCUT2D eigenvalue weighted by atomic mass is 32.1. The lowest BCUT2D eigenvalue weighted by Crippen LogP contribution is -2.27. The van der Waals surface area contributed by atoms with Crippen molar-refractivity contribution in [3.63, 3.8) is 0 Å². The summed E-state index contributed by atoms with van der Waals surface area (Å²) in [6, 6.07) is 11.3. The van der Waals surface area contributed by atoms with Gasteiger partial charge in [-0.25, -0.2) is 4.98 Å². The van der Waals surface area contributed by atoms with Gasteiger partial charge in [0.05, 0.1) is 10.6 Å². The Morgan fingerprint density at radius 1 is 1.23 bits per heavy atom. The van der Waals surface area contributed by atoms with Crippen LogP contribution in [-0.2, 0) is 4.79 Å². The van der Waals surface area contributed by atoms with E-state index in [1.54, 1.807) is 56.7 Å². The minimum Gasteiger partial charge on any atom is -0.484 e. The molecule has 10 heteroatoms.